The van der Waals surface area contributed by atoms with Gasteiger partial charge in [0.25, 0.3) is 0 Å². The predicted molar refractivity (Wildman–Crippen MR) is 187 cm³/mol. The van der Waals surface area contributed by atoms with Gasteiger partial charge in [-0.15, -0.1) is 25.4 Å². The number of thioether (sulfide) groups is 1. The number of ether oxygens (including phenoxy) is 1. The van der Waals surface area contributed by atoms with Crippen molar-refractivity contribution in [1.29, 1.82) is 0 Å². The number of fused-ring (bicyclic) bond motifs is 4. The van der Waals surface area contributed by atoms with Crippen molar-refractivity contribution in [3.05, 3.63) is 63.5 Å². The molecule has 3 unspecified atom stereocenters. The van der Waals surface area contributed by atoms with Gasteiger partial charge >= 0.3 is 0 Å². The van der Waals surface area contributed by atoms with E-state index in [4.69, 9.17) is 16.9 Å². The van der Waals surface area contributed by atoms with Crippen LogP contribution in [0.1, 0.15) is 120 Å². The average Bonchev–Trinajstić information content (AvgIpc) is 3.59. The smallest absolute Gasteiger partial charge is 0.171 e. The van der Waals surface area contributed by atoms with Gasteiger partial charge in [0.1, 0.15) is 0 Å². The van der Waals surface area contributed by atoms with Crippen LogP contribution < -0.4 is 0 Å². The Morgan fingerprint density at radius 1 is 1.18 bits per heavy atom. The molecule has 4 nitrogen and oxygen atoms in total. The Hall–Kier alpha value is -0.941. The first-order valence-electron chi connectivity index (χ1n) is 19.8. The molecule has 0 amide bonds. The van der Waals surface area contributed by atoms with E-state index in [0.29, 0.717) is 29.9 Å². The number of allylic oxidation sites excluding steroid dienone is 4. The fourth-order valence-electron chi connectivity index (χ4n) is 7.71. The molecule has 0 spiro atoms. The van der Waals surface area contributed by atoms with Gasteiger partial charge in [0.05, 0.1) is 0 Å². The van der Waals surface area contributed by atoms with Gasteiger partial charge in [0, 0.05) is 43.8 Å². The van der Waals surface area contributed by atoms with Crippen LogP contribution in [0.15, 0.2) is 45.3 Å². The van der Waals surface area contributed by atoms with E-state index in [-0.39, 0.29) is 54.8 Å². The molecular formula is C39H57IrN3OS-4. The molecule has 2 aliphatic carbocycles. The summed E-state index contributed by atoms with van der Waals surface area (Å²) in [5.74, 6) is 3.89. The molecule has 0 bridgehead atoms. The minimum Gasteiger partial charge on any atom is -0.769 e. The van der Waals surface area contributed by atoms with E-state index in [9.17, 15) is 0 Å². The molecule has 0 aromatic heterocycles. The Bertz CT molecular complexity index is 1410. The molecule has 10 atom stereocenters. The first kappa shape index (κ1) is 29.0. The summed E-state index contributed by atoms with van der Waals surface area (Å²) in [7, 11) is 0. The van der Waals surface area contributed by atoms with Crippen LogP contribution in [0.25, 0.3) is 10.6 Å². The number of nitrogens with zero attached hydrogens (tertiary/aromatic N) is 3. The zero-order valence-corrected chi connectivity index (χ0v) is 31.6. The Morgan fingerprint density at radius 2 is 2.00 bits per heavy atom. The van der Waals surface area contributed by atoms with Crippen molar-refractivity contribution in [1.82, 2.24) is 0 Å². The van der Waals surface area contributed by atoms with Crippen molar-refractivity contribution in [3.63, 3.8) is 0 Å². The Balaban J connectivity index is 0.000000255. The van der Waals surface area contributed by atoms with Crippen LogP contribution in [0.3, 0.4) is 0 Å². The van der Waals surface area contributed by atoms with E-state index in [2.05, 4.69) is 62.7 Å². The van der Waals surface area contributed by atoms with Crippen molar-refractivity contribution in [3.8, 4) is 0 Å². The van der Waals surface area contributed by atoms with E-state index in [1.54, 1.807) is 11.8 Å². The summed E-state index contributed by atoms with van der Waals surface area (Å²) < 4.78 is 47.3. The third kappa shape index (κ3) is 8.03. The van der Waals surface area contributed by atoms with Gasteiger partial charge in [0.15, 0.2) is 6.23 Å². The van der Waals surface area contributed by atoms with Gasteiger partial charge in [-0.2, -0.15) is 23.4 Å². The van der Waals surface area contributed by atoms with Gasteiger partial charge in [-0.1, -0.05) is 96.6 Å². The molecule has 7 rings (SSSR count). The molecule has 0 N–H and O–H groups in total. The van der Waals surface area contributed by atoms with Gasteiger partial charge in [0.2, 0.25) is 0 Å². The monoisotopic (exact) mass is 813 g/mol. The molecule has 0 aromatic carbocycles. The molecule has 2 saturated heterocycles. The third-order valence-electron chi connectivity index (χ3n) is 10.7. The van der Waals surface area contributed by atoms with Crippen molar-refractivity contribution >= 4 is 17.5 Å². The summed E-state index contributed by atoms with van der Waals surface area (Å²) >= 11 is 1.68. The number of hydrogen-bond acceptors (Lipinski definition) is 3. The summed E-state index contributed by atoms with van der Waals surface area (Å²) in [4.78, 5) is 4.54. The summed E-state index contributed by atoms with van der Waals surface area (Å²) in [6.45, 7) is 13.8. The Kier molecular flexibility index (Phi) is 9.46. The molecule has 5 aliphatic heterocycles. The summed E-state index contributed by atoms with van der Waals surface area (Å²) in [6.07, 6.45) is 16.5. The van der Waals surface area contributed by atoms with Crippen LogP contribution in [0.5, 0.6) is 0 Å². The molecule has 0 saturated carbocycles. The minimum absolute atomic E-state index is 0. The average molecular weight is 813 g/mol. The van der Waals surface area contributed by atoms with Gasteiger partial charge in [-0.05, 0) is 61.4 Å². The molecular weight excluding hydrogens is 751 g/mol. The third-order valence-corrected chi connectivity index (χ3v) is 12.2. The van der Waals surface area contributed by atoms with Crippen LogP contribution in [0.2, 0.25) is 0 Å². The van der Waals surface area contributed by atoms with Crippen LogP contribution in [0, 0.1) is 53.4 Å². The molecule has 5 heterocycles. The van der Waals surface area contributed by atoms with Crippen molar-refractivity contribution in [2.24, 2.45) is 45.9 Å². The number of rotatable bonds is 3. The van der Waals surface area contributed by atoms with E-state index in [0.717, 1.165) is 55.9 Å². The zero-order chi connectivity index (χ0) is 35.5. The number of aliphatic imine (C=N–C) groups is 1. The molecule has 2 fully saturated rings. The molecule has 7 aliphatic rings. The zero-order valence-electron chi connectivity index (χ0n) is 33.4. The normalized spacial score (nSPS) is 41.3. The van der Waals surface area contributed by atoms with Crippen LogP contribution in [-0.4, -0.2) is 35.1 Å². The fraction of sp³-hybridized carbons (Fsp3) is 0.744. The van der Waals surface area contributed by atoms with Gasteiger partial charge < -0.3 is 21.1 Å². The van der Waals surface area contributed by atoms with Crippen LogP contribution in [0.4, 0.5) is 0 Å². The van der Waals surface area contributed by atoms with E-state index in [1.165, 1.54) is 29.7 Å². The first-order chi connectivity index (χ1) is 23.0. The first-order valence-corrected chi connectivity index (χ1v) is 18.3. The maximum Gasteiger partial charge on any atom is 0.171 e. The molecule has 253 valence electrons. The molecule has 45 heavy (non-hydrogen) atoms. The molecule has 1 radical (unpaired) electrons. The summed E-state index contributed by atoms with van der Waals surface area (Å²) in [6, 6.07) is 0.0109. The van der Waals surface area contributed by atoms with Crippen molar-refractivity contribution in [2.75, 3.05) is 6.54 Å². The van der Waals surface area contributed by atoms with E-state index >= 15 is 0 Å². The predicted octanol–water partition coefficient (Wildman–Crippen LogP) is 10.7. The molecule has 6 heteroatoms. The van der Waals surface area contributed by atoms with E-state index < -0.39 is 18.6 Å². The SMILES string of the molecule is C[C@H]1C[C-]=C(C2=C[C@H](C)[C@H](C)C[N-]2)CC1.[2H]C([2H])([2H])C1=NC2OC3=C([C@H]4CC=C5[C@H]([N-]4)S[C@H](C([2H])([2H])C(C)(C)C)[C@@H]5C)[CH-]CCC3C2CC1.[Ir]. The fourth-order valence-corrected chi connectivity index (χ4v) is 9.49. The van der Waals surface area contributed by atoms with Gasteiger partial charge in [-0.25, -0.2) is 12.0 Å². The Labute approximate surface area is 300 Å². The van der Waals surface area contributed by atoms with Crippen molar-refractivity contribution in [2.45, 2.75) is 136 Å². The quantitative estimate of drug-likeness (QED) is 0.211. The van der Waals surface area contributed by atoms with E-state index in [1.807, 2.05) is 20.8 Å². The minimum atomic E-state index is -2.14. The van der Waals surface area contributed by atoms with Gasteiger partial charge in [-0.3, -0.25) is 11.1 Å². The van der Waals surface area contributed by atoms with Crippen LogP contribution in [-0.2, 0) is 24.8 Å². The maximum absolute atomic E-state index is 8.84. The standard InChI is InChI=1S/C25H36N2OS.C14H21N.Ir/c1-14-9-10-18-17-7-6-8-19(22(17)28-23(18)26-14)20-12-11-16-15(2)21(13-25(3,4)5)29-24(16)27-20;1-10-4-6-13(7-5-10)14-8-11(2)12(3)9-15-14;/h8,11,15,17-18,20-21,23-24H,6-7,9-10,12-13H2,1-5H3;8,10-12H,4-6,9H2,1-3H3;/q2*-2;/t15-,17?,18?,20-,21-,23?,24-;10-,11+,12-;/m11./s1/i1D3,13D2;;. The summed E-state index contributed by atoms with van der Waals surface area (Å²) in [5.41, 5.74) is 4.90. The largest absolute Gasteiger partial charge is 0.769 e. The second-order valence-electron chi connectivity index (χ2n) is 15.4. The second-order valence-corrected chi connectivity index (χ2v) is 16.6. The topological polar surface area (TPSA) is 49.8 Å². The number of hydrogen-bond donors (Lipinski definition) is 0. The van der Waals surface area contributed by atoms with Crippen molar-refractivity contribution < 1.29 is 31.7 Å². The second kappa shape index (κ2) is 14.7. The molecule has 0 aromatic rings. The maximum atomic E-state index is 8.84. The van der Waals surface area contributed by atoms with Crippen LogP contribution >= 0.6 is 11.8 Å². The summed E-state index contributed by atoms with van der Waals surface area (Å²) in [5, 5.41) is 9.77. The Morgan fingerprint density at radius 3 is 2.71 bits per heavy atom.